The zero-order chi connectivity index (χ0) is 45.8. The lowest BCUT2D eigenvalue weighted by atomic mass is 10.0. The van der Waals surface area contributed by atoms with Crippen LogP contribution in [0.4, 0.5) is 0 Å². The second kappa shape index (κ2) is 52.8. The van der Waals surface area contributed by atoms with Crippen molar-refractivity contribution in [3.8, 4) is 0 Å². The van der Waals surface area contributed by atoms with E-state index in [1.165, 1.54) is 218 Å². The van der Waals surface area contributed by atoms with Gasteiger partial charge in [0.25, 0.3) is 0 Å². The number of carbonyl (C=O) groups excluding carboxylic acids is 3. The molecule has 6 nitrogen and oxygen atoms in total. The van der Waals surface area contributed by atoms with Crippen LogP contribution in [0, 0.1) is 0 Å². The predicted molar refractivity (Wildman–Crippen MR) is 270 cm³/mol. The number of carbonyl (C=O) groups is 3. The van der Waals surface area contributed by atoms with Crippen LogP contribution in [0.15, 0.2) is 12.2 Å². The summed E-state index contributed by atoms with van der Waals surface area (Å²) in [6.45, 7) is 6.67. The molecule has 0 aromatic carbocycles. The number of hydrogen-bond acceptors (Lipinski definition) is 6. The first-order valence-corrected chi connectivity index (χ1v) is 28.2. The number of hydrogen-bond donors (Lipinski definition) is 0. The fraction of sp³-hybridized carbons (Fsp3) is 0.912. The molecule has 0 saturated carbocycles. The highest BCUT2D eigenvalue weighted by Crippen LogP contribution is 2.17. The lowest BCUT2D eigenvalue weighted by molar-refractivity contribution is -0.167. The summed E-state index contributed by atoms with van der Waals surface area (Å²) < 4.78 is 16.8. The summed E-state index contributed by atoms with van der Waals surface area (Å²) in [7, 11) is 0. The number of allylic oxidation sites excluding steroid dienone is 2. The van der Waals surface area contributed by atoms with Gasteiger partial charge in [0.1, 0.15) is 13.2 Å². The first kappa shape index (κ1) is 61.1. The number of ether oxygens (including phenoxy) is 3. The lowest BCUT2D eigenvalue weighted by Gasteiger charge is -2.18. The molecule has 0 aliphatic rings. The van der Waals surface area contributed by atoms with Crippen molar-refractivity contribution in [3.05, 3.63) is 12.2 Å². The molecule has 0 spiro atoms. The van der Waals surface area contributed by atoms with Crippen LogP contribution in [0.3, 0.4) is 0 Å². The summed E-state index contributed by atoms with van der Waals surface area (Å²) in [6.07, 6.45) is 59.1. The lowest BCUT2D eigenvalue weighted by Crippen LogP contribution is -2.30. The molecule has 0 aliphatic heterocycles. The van der Waals surface area contributed by atoms with Gasteiger partial charge in [0.2, 0.25) is 0 Å². The highest BCUT2D eigenvalue weighted by molar-refractivity contribution is 5.71. The van der Waals surface area contributed by atoms with Crippen molar-refractivity contribution < 1.29 is 28.6 Å². The van der Waals surface area contributed by atoms with E-state index in [-0.39, 0.29) is 31.1 Å². The van der Waals surface area contributed by atoms with E-state index in [1.807, 2.05) is 0 Å². The second-order valence-electron chi connectivity index (χ2n) is 19.2. The van der Waals surface area contributed by atoms with Gasteiger partial charge in [0, 0.05) is 19.3 Å². The first-order valence-electron chi connectivity index (χ1n) is 28.2. The van der Waals surface area contributed by atoms with Crippen molar-refractivity contribution in [2.75, 3.05) is 13.2 Å². The predicted octanol–water partition coefficient (Wildman–Crippen LogP) is 18.5. The summed E-state index contributed by atoms with van der Waals surface area (Å²) in [5.74, 6) is -0.845. The Hall–Kier alpha value is -1.85. The van der Waals surface area contributed by atoms with Gasteiger partial charge in [0.05, 0.1) is 0 Å². The third kappa shape index (κ3) is 51.0. The Morgan fingerprint density at radius 2 is 0.524 bits per heavy atom. The van der Waals surface area contributed by atoms with Gasteiger partial charge < -0.3 is 14.2 Å². The molecule has 63 heavy (non-hydrogen) atoms. The fourth-order valence-electron chi connectivity index (χ4n) is 8.50. The Labute approximate surface area is 392 Å². The van der Waals surface area contributed by atoms with E-state index in [4.69, 9.17) is 14.2 Å². The van der Waals surface area contributed by atoms with E-state index >= 15 is 0 Å². The number of unbranched alkanes of at least 4 members (excludes halogenated alkanes) is 39. The molecule has 0 rings (SSSR count). The van der Waals surface area contributed by atoms with Crippen LogP contribution in [0.25, 0.3) is 0 Å². The summed E-state index contributed by atoms with van der Waals surface area (Å²) in [5, 5.41) is 0. The number of esters is 3. The van der Waals surface area contributed by atoms with Crippen molar-refractivity contribution in [2.24, 2.45) is 0 Å². The third-order valence-electron chi connectivity index (χ3n) is 12.8. The quantitative estimate of drug-likeness (QED) is 0.0262. The monoisotopic (exact) mass is 889 g/mol. The van der Waals surface area contributed by atoms with Gasteiger partial charge in [-0.3, -0.25) is 14.4 Å². The van der Waals surface area contributed by atoms with Crippen LogP contribution in [0.1, 0.15) is 316 Å². The van der Waals surface area contributed by atoms with Gasteiger partial charge in [-0.1, -0.05) is 264 Å². The van der Waals surface area contributed by atoms with Gasteiger partial charge in [-0.15, -0.1) is 0 Å². The van der Waals surface area contributed by atoms with Crippen molar-refractivity contribution in [3.63, 3.8) is 0 Å². The molecule has 0 heterocycles. The fourth-order valence-corrected chi connectivity index (χ4v) is 8.50. The summed E-state index contributed by atoms with van der Waals surface area (Å²) in [4.78, 5) is 38.0. The van der Waals surface area contributed by atoms with Crippen LogP contribution >= 0.6 is 0 Å². The molecule has 0 radical (unpaired) electrons. The van der Waals surface area contributed by atoms with Crippen LogP contribution < -0.4 is 0 Å². The maximum atomic E-state index is 12.8. The number of rotatable bonds is 52. The van der Waals surface area contributed by atoms with E-state index in [2.05, 4.69) is 32.9 Å². The topological polar surface area (TPSA) is 78.9 Å². The highest BCUT2D eigenvalue weighted by atomic mass is 16.6. The Bertz CT molecular complexity index is 934. The molecule has 0 aromatic rings. The van der Waals surface area contributed by atoms with Crippen LogP contribution in [-0.4, -0.2) is 37.2 Å². The maximum Gasteiger partial charge on any atom is 0.306 e. The largest absolute Gasteiger partial charge is 0.462 e. The summed E-state index contributed by atoms with van der Waals surface area (Å²) in [5.41, 5.74) is 0. The average molecular weight is 889 g/mol. The van der Waals surface area contributed by atoms with Crippen LogP contribution in [0.5, 0.6) is 0 Å². The molecule has 0 atom stereocenters. The molecule has 0 aromatic heterocycles. The Kier molecular flexibility index (Phi) is 51.2. The molecule has 6 heteroatoms. The molecule has 0 unspecified atom stereocenters. The van der Waals surface area contributed by atoms with Crippen molar-refractivity contribution in [1.29, 1.82) is 0 Å². The molecule has 0 aliphatic carbocycles. The Morgan fingerprint density at radius 1 is 0.302 bits per heavy atom. The molecular formula is C57H108O6. The maximum absolute atomic E-state index is 12.8. The average Bonchev–Trinajstić information content (AvgIpc) is 3.28. The van der Waals surface area contributed by atoms with Gasteiger partial charge in [-0.2, -0.15) is 0 Å². The van der Waals surface area contributed by atoms with E-state index in [9.17, 15) is 14.4 Å². The zero-order valence-electron chi connectivity index (χ0n) is 42.6. The van der Waals surface area contributed by atoms with Crippen molar-refractivity contribution >= 4 is 17.9 Å². The minimum absolute atomic E-state index is 0.0644. The SMILES string of the molecule is CCCCCCCC/C=C\CCCCCCCCCCCCCC(=O)OC(COC(=O)CCCCCCCCCCCCCC)COC(=O)CCCCCCCCCCCCCC. The van der Waals surface area contributed by atoms with E-state index in [0.29, 0.717) is 19.3 Å². The molecular weight excluding hydrogens is 781 g/mol. The highest BCUT2D eigenvalue weighted by Gasteiger charge is 2.19. The Morgan fingerprint density at radius 3 is 0.794 bits per heavy atom. The van der Waals surface area contributed by atoms with Crippen molar-refractivity contribution in [1.82, 2.24) is 0 Å². The molecule has 0 N–H and O–H groups in total. The van der Waals surface area contributed by atoms with Crippen LogP contribution in [0.2, 0.25) is 0 Å². The van der Waals surface area contributed by atoms with Crippen molar-refractivity contribution in [2.45, 2.75) is 322 Å². The van der Waals surface area contributed by atoms with E-state index in [0.717, 1.165) is 57.8 Å². The third-order valence-corrected chi connectivity index (χ3v) is 12.8. The van der Waals surface area contributed by atoms with Gasteiger partial charge >= 0.3 is 17.9 Å². The minimum atomic E-state index is -0.763. The standard InChI is InChI=1S/C57H108O6/c1-4-7-10-13-16-19-22-25-26-27-28-29-30-31-32-33-36-39-42-45-48-51-57(60)63-54(52-61-55(58)49-46-43-40-37-34-23-20-17-14-11-8-5-2)53-62-56(59)50-47-44-41-38-35-24-21-18-15-12-9-6-3/h25-26,54H,4-24,27-53H2,1-3H3/b26-25-. The summed E-state index contributed by atoms with van der Waals surface area (Å²) >= 11 is 0. The normalized spacial score (nSPS) is 11.6. The molecule has 0 fully saturated rings. The smallest absolute Gasteiger partial charge is 0.306 e. The second-order valence-corrected chi connectivity index (χ2v) is 19.2. The van der Waals surface area contributed by atoms with Gasteiger partial charge in [-0.25, -0.2) is 0 Å². The zero-order valence-corrected chi connectivity index (χ0v) is 42.6. The molecule has 0 bridgehead atoms. The van der Waals surface area contributed by atoms with Gasteiger partial charge in [-0.05, 0) is 44.9 Å². The molecule has 372 valence electrons. The first-order chi connectivity index (χ1) is 31.0. The van der Waals surface area contributed by atoms with Crippen LogP contribution in [-0.2, 0) is 28.6 Å². The summed E-state index contributed by atoms with van der Waals surface area (Å²) in [6, 6.07) is 0. The molecule has 0 saturated heterocycles. The van der Waals surface area contributed by atoms with Gasteiger partial charge in [0.15, 0.2) is 6.10 Å². The molecule has 0 amide bonds. The van der Waals surface area contributed by atoms with E-state index < -0.39 is 6.10 Å². The Balaban J connectivity index is 4.25. The van der Waals surface area contributed by atoms with E-state index in [1.54, 1.807) is 0 Å². The minimum Gasteiger partial charge on any atom is -0.462 e.